The quantitative estimate of drug-likeness (QED) is 0.307. The van der Waals surface area contributed by atoms with Crippen molar-refractivity contribution in [3.63, 3.8) is 0 Å². The number of fused-ring (bicyclic) bond motifs is 1. The Morgan fingerprint density at radius 2 is 1.64 bits per heavy atom. The first kappa shape index (κ1) is 21.2. The van der Waals surface area contributed by atoms with Gasteiger partial charge in [-0.3, -0.25) is 4.79 Å². The smallest absolute Gasteiger partial charge is 0.295 e. The maximum atomic E-state index is 13.2. The van der Waals surface area contributed by atoms with Crippen molar-refractivity contribution in [2.24, 2.45) is 0 Å². The predicted octanol–water partition coefficient (Wildman–Crippen LogP) is 6.96. The minimum atomic E-state index is -0.409. The van der Waals surface area contributed by atoms with Crippen molar-refractivity contribution in [3.05, 3.63) is 106 Å². The minimum absolute atomic E-state index is 0.0392. The highest BCUT2D eigenvalue weighted by Crippen LogP contribution is 2.28. The minimum Gasteiger partial charge on any atom is -0.319 e. The van der Waals surface area contributed by atoms with Crippen molar-refractivity contribution >= 4 is 45.6 Å². The van der Waals surface area contributed by atoms with Crippen molar-refractivity contribution < 1.29 is 4.79 Å². The second-order valence-electron chi connectivity index (χ2n) is 7.59. The van der Waals surface area contributed by atoms with E-state index in [9.17, 15) is 4.79 Å². The summed E-state index contributed by atoms with van der Waals surface area (Å²) >= 11 is 12.5. The number of anilines is 1. The lowest BCUT2D eigenvalue weighted by Gasteiger charge is -2.09. The summed E-state index contributed by atoms with van der Waals surface area (Å²) < 4.78 is 1.63. The van der Waals surface area contributed by atoms with E-state index < -0.39 is 5.91 Å². The van der Waals surface area contributed by atoms with Crippen LogP contribution in [0.5, 0.6) is 0 Å². The van der Waals surface area contributed by atoms with Gasteiger partial charge in [0.25, 0.3) is 5.91 Å². The van der Waals surface area contributed by atoms with Crippen LogP contribution >= 0.6 is 23.2 Å². The summed E-state index contributed by atoms with van der Waals surface area (Å²) in [4.78, 5) is 17.8. The van der Waals surface area contributed by atoms with Gasteiger partial charge in [0.1, 0.15) is 0 Å². The number of halogens is 2. The third-order valence-corrected chi connectivity index (χ3v) is 5.80. The first-order valence-corrected chi connectivity index (χ1v) is 11.0. The van der Waals surface area contributed by atoms with Crippen LogP contribution in [0.25, 0.3) is 27.8 Å². The number of amides is 1. The zero-order chi connectivity index (χ0) is 22.9. The third kappa shape index (κ3) is 4.21. The number of nitrogens with zero attached hydrogens (tertiary/aromatic N) is 3. The molecule has 1 heterocycles. The molecule has 0 aliphatic carbocycles. The molecule has 4 aromatic carbocycles. The SMILES string of the molecule is Cc1ccc(Cl)cc1-n1nc(C(=O)Nc2cccc3ccccc23)nc1-c1cccc(Cl)c1. The van der Waals surface area contributed by atoms with Gasteiger partial charge in [-0.2, -0.15) is 0 Å². The molecule has 1 aromatic heterocycles. The number of hydrogen-bond acceptors (Lipinski definition) is 3. The van der Waals surface area contributed by atoms with Crippen LogP contribution in [-0.4, -0.2) is 20.7 Å². The predicted molar refractivity (Wildman–Crippen MR) is 133 cm³/mol. The van der Waals surface area contributed by atoms with Gasteiger partial charge in [0.2, 0.25) is 5.82 Å². The lowest BCUT2D eigenvalue weighted by atomic mass is 10.1. The Labute approximate surface area is 200 Å². The van der Waals surface area contributed by atoms with Crippen LogP contribution in [0.4, 0.5) is 5.69 Å². The van der Waals surface area contributed by atoms with Crippen molar-refractivity contribution in [1.29, 1.82) is 0 Å². The fourth-order valence-corrected chi connectivity index (χ4v) is 4.07. The molecule has 0 atom stereocenters. The Morgan fingerprint density at radius 3 is 2.48 bits per heavy atom. The van der Waals surface area contributed by atoms with Crippen molar-refractivity contribution in [2.75, 3.05) is 5.32 Å². The van der Waals surface area contributed by atoms with Crippen LogP contribution in [0, 0.1) is 6.92 Å². The molecule has 162 valence electrons. The zero-order valence-electron chi connectivity index (χ0n) is 17.6. The van der Waals surface area contributed by atoms with Gasteiger partial charge in [-0.15, -0.1) is 5.10 Å². The van der Waals surface area contributed by atoms with Crippen LogP contribution in [0.2, 0.25) is 10.0 Å². The Morgan fingerprint density at radius 1 is 0.879 bits per heavy atom. The van der Waals surface area contributed by atoms with Crippen molar-refractivity contribution in [3.8, 4) is 17.1 Å². The van der Waals surface area contributed by atoms with E-state index in [1.807, 2.05) is 73.7 Å². The van der Waals surface area contributed by atoms with Crippen LogP contribution in [0.3, 0.4) is 0 Å². The molecular weight excluding hydrogens is 455 g/mol. The van der Waals surface area contributed by atoms with Crippen LogP contribution in [-0.2, 0) is 0 Å². The molecule has 0 radical (unpaired) electrons. The molecule has 5 rings (SSSR count). The monoisotopic (exact) mass is 472 g/mol. The fourth-order valence-electron chi connectivity index (χ4n) is 3.71. The number of benzene rings is 4. The maximum absolute atomic E-state index is 13.2. The van der Waals surface area contributed by atoms with E-state index >= 15 is 0 Å². The van der Waals surface area contributed by atoms with E-state index in [1.165, 1.54) is 0 Å². The summed E-state index contributed by atoms with van der Waals surface area (Å²) in [5, 5.41) is 10.6. The number of nitrogens with one attached hydrogen (secondary N) is 1. The Bertz CT molecular complexity index is 1500. The molecule has 0 aliphatic rings. The van der Waals surface area contributed by atoms with Crippen molar-refractivity contribution in [1.82, 2.24) is 14.8 Å². The van der Waals surface area contributed by atoms with E-state index in [0.29, 0.717) is 21.6 Å². The molecule has 0 saturated carbocycles. The summed E-state index contributed by atoms with van der Waals surface area (Å²) in [6.45, 7) is 1.95. The molecule has 5 aromatic rings. The average molecular weight is 473 g/mol. The highest BCUT2D eigenvalue weighted by molar-refractivity contribution is 6.31. The summed E-state index contributed by atoms with van der Waals surface area (Å²) in [5.74, 6) is 0.122. The lowest BCUT2D eigenvalue weighted by molar-refractivity contribution is 0.101. The number of rotatable bonds is 4. The number of hydrogen-bond donors (Lipinski definition) is 1. The molecule has 0 unspecified atom stereocenters. The van der Waals surface area contributed by atoms with Crippen LogP contribution < -0.4 is 5.32 Å². The van der Waals surface area contributed by atoms with Crippen LogP contribution in [0.15, 0.2) is 84.9 Å². The standard InChI is InChI=1S/C26H18Cl2N4O/c1-16-12-13-20(28)15-23(16)32-25(18-8-4-9-19(27)14-18)30-24(31-32)26(33)29-22-11-5-7-17-6-2-3-10-21(17)22/h2-15H,1H3,(H,29,33). The first-order chi connectivity index (χ1) is 16.0. The highest BCUT2D eigenvalue weighted by Gasteiger charge is 2.21. The molecule has 0 saturated heterocycles. The molecular formula is C26H18Cl2N4O. The largest absolute Gasteiger partial charge is 0.319 e. The van der Waals surface area contributed by atoms with Crippen molar-refractivity contribution in [2.45, 2.75) is 6.92 Å². The van der Waals surface area contributed by atoms with Gasteiger partial charge in [-0.05, 0) is 48.2 Å². The van der Waals surface area contributed by atoms with E-state index in [1.54, 1.807) is 22.9 Å². The van der Waals surface area contributed by atoms with Gasteiger partial charge in [-0.1, -0.05) is 77.8 Å². The summed E-state index contributed by atoms with van der Waals surface area (Å²) in [6, 6.07) is 26.4. The Balaban J connectivity index is 1.61. The molecule has 33 heavy (non-hydrogen) atoms. The molecule has 5 nitrogen and oxygen atoms in total. The second kappa shape index (κ2) is 8.70. The molecule has 0 fully saturated rings. The fraction of sp³-hybridized carbons (Fsp3) is 0.0385. The van der Waals surface area contributed by atoms with Gasteiger partial charge in [0.05, 0.1) is 5.69 Å². The normalized spacial score (nSPS) is 11.0. The van der Waals surface area contributed by atoms with Gasteiger partial charge in [-0.25, -0.2) is 9.67 Å². The Hall–Kier alpha value is -3.67. The lowest BCUT2D eigenvalue weighted by Crippen LogP contribution is -2.14. The highest BCUT2D eigenvalue weighted by atomic mass is 35.5. The molecule has 1 N–H and O–H groups in total. The van der Waals surface area contributed by atoms with E-state index in [-0.39, 0.29) is 5.82 Å². The maximum Gasteiger partial charge on any atom is 0.295 e. The van der Waals surface area contributed by atoms with Crippen LogP contribution in [0.1, 0.15) is 16.2 Å². The van der Waals surface area contributed by atoms with Gasteiger partial charge >= 0.3 is 0 Å². The molecule has 0 spiro atoms. The van der Waals surface area contributed by atoms with E-state index in [4.69, 9.17) is 23.2 Å². The average Bonchev–Trinajstić information content (AvgIpc) is 3.26. The third-order valence-electron chi connectivity index (χ3n) is 5.33. The second-order valence-corrected chi connectivity index (χ2v) is 8.47. The summed E-state index contributed by atoms with van der Waals surface area (Å²) in [7, 11) is 0. The summed E-state index contributed by atoms with van der Waals surface area (Å²) in [6.07, 6.45) is 0. The zero-order valence-corrected chi connectivity index (χ0v) is 19.1. The molecule has 0 aliphatic heterocycles. The molecule has 7 heteroatoms. The summed E-state index contributed by atoms with van der Waals surface area (Å²) in [5.41, 5.74) is 3.10. The first-order valence-electron chi connectivity index (χ1n) is 10.3. The van der Waals surface area contributed by atoms with Gasteiger partial charge in [0, 0.05) is 26.7 Å². The number of carbonyl (C=O) groups excluding carboxylic acids is 1. The van der Waals surface area contributed by atoms with E-state index in [0.717, 1.165) is 27.6 Å². The van der Waals surface area contributed by atoms with E-state index in [2.05, 4.69) is 15.4 Å². The molecule has 0 bridgehead atoms. The topological polar surface area (TPSA) is 59.8 Å². The number of aromatic nitrogens is 3. The Kier molecular flexibility index (Phi) is 5.58. The van der Waals surface area contributed by atoms with Gasteiger partial charge < -0.3 is 5.32 Å². The number of carbonyl (C=O) groups is 1. The van der Waals surface area contributed by atoms with Gasteiger partial charge in [0.15, 0.2) is 5.82 Å². The number of aryl methyl sites for hydroxylation is 1. The molecule has 1 amide bonds.